The standard InChI is InChI=1S/C22H27F3N4O2/c1-20(2,3)19(31)28-8-6-21(7-9-28)13-29(12-17(21)18(27)30)15-5-4-14(11-26)16(10-15)22(23,24)25/h4-5,10,17H,6-9,12-13H2,1-3H3,(H2,27,30). The number of halogens is 3. The van der Waals surface area contributed by atoms with Gasteiger partial charge in [0.25, 0.3) is 0 Å². The molecule has 1 spiro atoms. The molecule has 2 saturated heterocycles. The Hall–Kier alpha value is -2.76. The molecule has 2 amide bonds. The third-order valence-corrected chi connectivity index (χ3v) is 6.47. The zero-order chi connectivity index (χ0) is 23.2. The van der Waals surface area contributed by atoms with E-state index < -0.39 is 40.0 Å². The molecular weight excluding hydrogens is 409 g/mol. The summed E-state index contributed by atoms with van der Waals surface area (Å²) in [4.78, 5) is 28.4. The molecule has 1 unspecified atom stereocenters. The van der Waals surface area contributed by atoms with E-state index >= 15 is 0 Å². The van der Waals surface area contributed by atoms with E-state index in [1.807, 2.05) is 20.8 Å². The van der Waals surface area contributed by atoms with Gasteiger partial charge in [0.2, 0.25) is 11.8 Å². The van der Waals surface area contributed by atoms with Crippen molar-refractivity contribution in [3.63, 3.8) is 0 Å². The maximum atomic E-state index is 13.4. The summed E-state index contributed by atoms with van der Waals surface area (Å²) in [5.74, 6) is -0.970. The van der Waals surface area contributed by atoms with Crippen LogP contribution >= 0.6 is 0 Å². The first-order valence-electron chi connectivity index (χ1n) is 10.2. The molecule has 9 heteroatoms. The average Bonchev–Trinajstić information content (AvgIpc) is 3.05. The van der Waals surface area contributed by atoms with Gasteiger partial charge in [0.05, 0.1) is 23.1 Å². The van der Waals surface area contributed by atoms with Crippen LogP contribution in [0.3, 0.4) is 0 Å². The largest absolute Gasteiger partial charge is 0.417 e. The lowest BCUT2D eigenvalue weighted by molar-refractivity contribution is -0.142. The fourth-order valence-corrected chi connectivity index (χ4v) is 4.75. The van der Waals surface area contributed by atoms with Gasteiger partial charge in [0, 0.05) is 42.7 Å². The van der Waals surface area contributed by atoms with Gasteiger partial charge in [-0.1, -0.05) is 20.8 Å². The number of alkyl halides is 3. The number of nitriles is 1. The number of amides is 2. The molecule has 6 nitrogen and oxygen atoms in total. The maximum absolute atomic E-state index is 13.4. The number of rotatable bonds is 2. The number of piperidine rings is 1. The summed E-state index contributed by atoms with van der Waals surface area (Å²) in [7, 11) is 0. The minimum atomic E-state index is -4.65. The molecule has 2 aliphatic rings. The van der Waals surface area contributed by atoms with Crippen molar-refractivity contribution in [2.45, 2.75) is 39.8 Å². The molecule has 2 fully saturated rings. The number of carbonyl (C=O) groups excluding carboxylic acids is 2. The van der Waals surface area contributed by atoms with Gasteiger partial charge in [0.1, 0.15) is 0 Å². The normalized spacial score (nSPS) is 21.3. The van der Waals surface area contributed by atoms with Gasteiger partial charge in [-0.2, -0.15) is 18.4 Å². The first kappa shape index (κ1) is 22.9. The molecular formula is C22H27F3N4O2. The third-order valence-electron chi connectivity index (χ3n) is 6.47. The molecule has 1 aromatic rings. The molecule has 2 aliphatic heterocycles. The monoisotopic (exact) mass is 436 g/mol. The molecule has 2 N–H and O–H groups in total. The quantitative estimate of drug-likeness (QED) is 0.771. The summed E-state index contributed by atoms with van der Waals surface area (Å²) in [6.45, 7) is 7.11. The van der Waals surface area contributed by atoms with E-state index in [4.69, 9.17) is 11.0 Å². The molecule has 0 aromatic heterocycles. The molecule has 2 heterocycles. The summed E-state index contributed by atoms with van der Waals surface area (Å²) in [5, 5.41) is 9.02. The second-order valence-electron chi connectivity index (χ2n) is 9.58. The zero-order valence-electron chi connectivity index (χ0n) is 17.9. The fraction of sp³-hybridized carbons (Fsp3) is 0.591. The third kappa shape index (κ3) is 4.34. The summed E-state index contributed by atoms with van der Waals surface area (Å²) >= 11 is 0. The number of anilines is 1. The van der Waals surface area contributed by atoms with Crippen molar-refractivity contribution in [1.29, 1.82) is 5.26 Å². The van der Waals surface area contributed by atoms with Crippen molar-refractivity contribution in [3.8, 4) is 6.07 Å². The van der Waals surface area contributed by atoms with Gasteiger partial charge in [-0.25, -0.2) is 0 Å². The first-order chi connectivity index (χ1) is 14.3. The summed E-state index contributed by atoms with van der Waals surface area (Å²) in [6, 6.07) is 5.18. The number of carbonyl (C=O) groups is 2. The lowest BCUT2D eigenvalue weighted by atomic mass is 9.70. The molecule has 0 saturated carbocycles. The molecule has 31 heavy (non-hydrogen) atoms. The summed E-state index contributed by atoms with van der Waals surface area (Å²) in [5.41, 5.74) is 3.56. The Morgan fingerprint density at radius 3 is 2.29 bits per heavy atom. The van der Waals surface area contributed by atoms with Crippen LogP contribution in [0.2, 0.25) is 0 Å². The average molecular weight is 436 g/mol. The first-order valence-corrected chi connectivity index (χ1v) is 10.2. The maximum Gasteiger partial charge on any atom is 0.417 e. The van der Waals surface area contributed by atoms with Crippen LogP contribution in [0.1, 0.15) is 44.7 Å². The molecule has 0 bridgehead atoms. The molecule has 1 atom stereocenters. The molecule has 1 aromatic carbocycles. The van der Waals surface area contributed by atoms with E-state index in [1.165, 1.54) is 6.07 Å². The van der Waals surface area contributed by atoms with E-state index in [-0.39, 0.29) is 12.5 Å². The highest BCUT2D eigenvalue weighted by Gasteiger charge is 2.51. The van der Waals surface area contributed by atoms with Crippen LogP contribution in [0, 0.1) is 28.1 Å². The molecule has 3 rings (SSSR count). The van der Waals surface area contributed by atoms with E-state index in [0.29, 0.717) is 38.2 Å². The summed E-state index contributed by atoms with van der Waals surface area (Å²) < 4.78 is 40.2. The summed E-state index contributed by atoms with van der Waals surface area (Å²) in [6.07, 6.45) is -3.54. The fourth-order valence-electron chi connectivity index (χ4n) is 4.75. The van der Waals surface area contributed by atoms with E-state index in [2.05, 4.69) is 0 Å². The Morgan fingerprint density at radius 2 is 1.81 bits per heavy atom. The van der Waals surface area contributed by atoms with Gasteiger partial charge in [-0.3, -0.25) is 9.59 Å². The van der Waals surface area contributed by atoms with Crippen molar-refractivity contribution < 1.29 is 22.8 Å². The van der Waals surface area contributed by atoms with Crippen LogP contribution in [0.15, 0.2) is 18.2 Å². The van der Waals surface area contributed by atoms with Crippen molar-refractivity contribution in [2.24, 2.45) is 22.5 Å². The number of hydrogen-bond acceptors (Lipinski definition) is 4. The topological polar surface area (TPSA) is 90.4 Å². The van der Waals surface area contributed by atoms with Gasteiger partial charge in [-0.05, 0) is 31.0 Å². The number of benzene rings is 1. The van der Waals surface area contributed by atoms with Crippen molar-refractivity contribution in [3.05, 3.63) is 29.3 Å². The van der Waals surface area contributed by atoms with Crippen LogP contribution < -0.4 is 10.6 Å². The second-order valence-corrected chi connectivity index (χ2v) is 9.58. The number of nitrogens with zero attached hydrogens (tertiary/aromatic N) is 3. The minimum absolute atomic E-state index is 0.0368. The Labute approximate surface area is 179 Å². The van der Waals surface area contributed by atoms with Crippen LogP contribution in [-0.4, -0.2) is 42.9 Å². The highest BCUT2D eigenvalue weighted by molar-refractivity contribution is 5.82. The van der Waals surface area contributed by atoms with Crippen LogP contribution in [-0.2, 0) is 15.8 Å². The number of likely N-dealkylation sites (tertiary alicyclic amines) is 1. The van der Waals surface area contributed by atoms with Crippen molar-refractivity contribution in [1.82, 2.24) is 4.90 Å². The van der Waals surface area contributed by atoms with Gasteiger partial charge in [-0.15, -0.1) is 0 Å². The van der Waals surface area contributed by atoms with Crippen LogP contribution in [0.5, 0.6) is 0 Å². The molecule has 168 valence electrons. The van der Waals surface area contributed by atoms with Crippen molar-refractivity contribution >= 4 is 17.5 Å². The van der Waals surface area contributed by atoms with E-state index in [0.717, 1.165) is 12.1 Å². The Bertz CT molecular complexity index is 922. The number of primary amides is 1. The highest BCUT2D eigenvalue weighted by Crippen LogP contribution is 2.47. The van der Waals surface area contributed by atoms with E-state index in [1.54, 1.807) is 15.9 Å². The van der Waals surface area contributed by atoms with Crippen LogP contribution in [0.4, 0.5) is 18.9 Å². The van der Waals surface area contributed by atoms with Gasteiger partial charge >= 0.3 is 6.18 Å². The molecule has 0 aliphatic carbocycles. The lowest BCUT2D eigenvalue weighted by Crippen LogP contribution is -2.51. The SMILES string of the molecule is CC(C)(C)C(=O)N1CCC2(CC1)CN(c1ccc(C#N)c(C(F)(F)F)c1)CC2C(N)=O. The molecule has 0 radical (unpaired) electrons. The Balaban J connectivity index is 1.86. The smallest absolute Gasteiger partial charge is 0.370 e. The minimum Gasteiger partial charge on any atom is -0.370 e. The van der Waals surface area contributed by atoms with E-state index in [9.17, 15) is 22.8 Å². The number of hydrogen-bond donors (Lipinski definition) is 1. The second kappa shape index (κ2) is 7.74. The van der Waals surface area contributed by atoms with Crippen molar-refractivity contribution in [2.75, 3.05) is 31.1 Å². The Morgan fingerprint density at radius 1 is 1.19 bits per heavy atom. The lowest BCUT2D eigenvalue weighted by Gasteiger charge is -2.43. The zero-order valence-corrected chi connectivity index (χ0v) is 17.9. The predicted molar refractivity (Wildman–Crippen MR) is 109 cm³/mol. The Kier molecular flexibility index (Phi) is 5.72. The number of nitrogens with two attached hydrogens (primary N) is 1. The van der Waals surface area contributed by atoms with Gasteiger partial charge < -0.3 is 15.5 Å². The predicted octanol–water partition coefficient (Wildman–Crippen LogP) is 3.15. The highest BCUT2D eigenvalue weighted by atomic mass is 19.4. The van der Waals surface area contributed by atoms with Crippen LogP contribution in [0.25, 0.3) is 0 Å². The van der Waals surface area contributed by atoms with Gasteiger partial charge in [0.15, 0.2) is 0 Å².